The zero-order valence-electron chi connectivity index (χ0n) is 40.8. The van der Waals surface area contributed by atoms with Gasteiger partial charge in [-0.25, -0.2) is 27.6 Å². The van der Waals surface area contributed by atoms with E-state index in [0.29, 0.717) is 36.4 Å². The number of benzene rings is 3. The molecule has 8 N–H and O–H groups in total. The maximum absolute atomic E-state index is 12.7. The van der Waals surface area contributed by atoms with E-state index in [-0.39, 0.29) is 37.0 Å². The van der Waals surface area contributed by atoms with Crippen LogP contribution in [-0.2, 0) is 70.4 Å². The summed E-state index contributed by atoms with van der Waals surface area (Å²) in [6.07, 6.45) is -14.3. The molecule has 45 heteroatoms. The van der Waals surface area contributed by atoms with Crippen molar-refractivity contribution in [3.8, 4) is 18.2 Å². The van der Waals surface area contributed by atoms with Gasteiger partial charge in [0.25, 0.3) is 0 Å². The molecule has 3 atom stereocenters. The van der Waals surface area contributed by atoms with Crippen LogP contribution in [0.2, 0.25) is 30.1 Å². The predicted molar refractivity (Wildman–Crippen MR) is 301 cm³/mol. The molecule has 3 aromatic carbocycles. The zero-order chi connectivity index (χ0) is 64.9. The molecule has 0 spiro atoms. The third kappa shape index (κ3) is 27.8. The van der Waals surface area contributed by atoms with Gasteiger partial charge in [-0.2, -0.15) is 94.8 Å². The third-order valence-electron chi connectivity index (χ3n) is 7.79. The van der Waals surface area contributed by atoms with Crippen molar-refractivity contribution in [2.75, 3.05) is 0 Å². The number of hydrogen-bond donors (Lipinski definition) is 4. The summed E-state index contributed by atoms with van der Waals surface area (Å²) in [5.74, 6) is -1.15. The minimum atomic E-state index is -5.33. The van der Waals surface area contributed by atoms with Crippen molar-refractivity contribution in [3.63, 3.8) is 0 Å². The Balaban J connectivity index is -0.000000550. The van der Waals surface area contributed by atoms with E-state index >= 15 is 0 Å². The van der Waals surface area contributed by atoms with Gasteiger partial charge in [0.05, 0.1) is 52.5 Å². The van der Waals surface area contributed by atoms with Crippen LogP contribution in [0.25, 0.3) is 0 Å². The predicted octanol–water partition coefficient (Wildman–Crippen LogP) is 17.8. The summed E-state index contributed by atoms with van der Waals surface area (Å²) in [6.45, 7) is 0.924. The quantitative estimate of drug-likeness (QED) is 0.0299. The first-order chi connectivity index (χ1) is 36.8. The Morgan fingerprint density at radius 2 is 0.682 bits per heavy atom. The van der Waals surface area contributed by atoms with Crippen molar-refractivity contribution in [3.05, 3.63) is 130 Å². The van der Waals surface area contributed by atoms with E-state index in [1.54, 1.807) is 0 Å². The van der Waals surface area contributed by atoms with Gasteiger partial charge in [-0.1, -0.05) is 117 Å². The van der Waals surface area contributed by atoms with E-state index in [9.17, 15) is 91.7 Å². The monoisotopic (exact) mass is 1720 g/mol. The van der Waals surface area contributed by atoms with Gasteiger partial charge in [0.2, 0.25) is 0 Å². The summed E-state index contributed by atoms with van der Waals surface area (Å²) in [4.78, 5) is 6.72. The normalized spacial score (nSPS) is 14.5. The molecule has 13 nitrogen and oxygen atoms in total. The summed E-state index contributed by atoms with van der Waals surface area (Å²) >= 11 is 45.8. The molecular formula is C40H24Br4Cl6F18N10O3S3Zn. The first kappa shape index (κ1) is 88.5. The average molecular weight is 1730 g/mol. The van der Waals surface area contributed by atoms with Crippen molar-refractivity contribution >= 4 is 199 Å². The maximum atomic E-state index is 12.7. The molecule has 0 radical (unpaired) electrons. The second kappa shape index (κ2) is 36.0. The summed E-state index contributed by atoms with van der Waals surface area (Å²) in [5, 5.41) is 22.1. The van der Waals surface area contributed by atoms with Crippen molar-refractivity contribution in [2.45, 2.75) is 44.6 Å². The zero-order valence-corrected chi connectivity index (χ0v) is 57.1. The number of nitrogens with two attached hydrogens (primary N) is 4. The minimum absolute atomic E-state index is 0. The molecular weight excluding hydrogens is 1700 g/mol. The van der Waals surface area contributed by atoms with Crippen molar-refractivity contribution in [1.82, 2.24) is 0 Å². The van der Waals surface area contributed by atoms with Crippen LogP contribution >= 0.6 is 133 Å². The minimum Gasteiger partial charge on any atom is -0.389 e. The number of amidine groups is 1. The second-order valence-electron chi connectivity index (χ2n) is 13.4. The number of aliphatic imine (C=N–C) groups is 3. The van der Waals surface area contributed by atoms with Crippen LogP contribution in [0, 0.1) is 48.8 Å². The van der Waals surface area contributed by atoms with Crippen LogP contribution in [0.4, 0.5) is 96.1 Å². The topological polar surface area (TPSA) is 264 Å². The fourth-order valence-electron chi connectivity index (χ4n) is 4.60. The molecule has 0 fully saturated rings. The number of nitriles is 3. The van der Waals surface area contributed by atoms with Gasteiger partial charge in [-0.3, -0.25) is 0 Å². The Bertz CT molecular complexity index is 2920. The molecule has 0 amide bonds. The third-order valence-corrected chi connectivity index (χ3v) is 14.1. The number of rotatable bonds is 9. The Morgan fingerprint density at radius 1 is 0.471 bits per heavy atom. The van der Waals surface area contributed by atoms with E-state index in [4.69, 9.17) is 108 Å². The number of alkyl halides is 21. The van der Waals surface area contributed by atoms with Gasteiger partial charge in [0.15, 0.2) is 32.4 Å². The molecule has 0 saturated heterocycles. The van der Waals surface area contributed by atoms with Crippen LogP contribution in [0.3, 0.4) is 0 Å². The Labute approximate surface area is 551 Å². The largest absolute Gasteiger partial charge is 2.00 e. The Morgan fingerprint density at radius 3 is 0.929 bits per heavy atom. The standard InChI is InChI=1S/C13H7Cl2F6N3OS.C12H4BrCl2F6N3OS.C12H6Cl2F6N4OS.CHBr3.2CH3.Zn/c1-5(11(9(23)4-22)26(25)13(19,20)21)24-10-7(14)2-6(3-8(10)15)12(16,17)18;13-10(9(7(23)3-22)26(25)12(19,20)21)24-8-5(14)1-4(2-6(8)15)11(16,17)18;13-5-1-4(11(15,16)17)2-6(14)8(5)24-10(23)9(7(22)3-21)26(25)12(18,19)20;2-1(3)4;;;/h2-3H,23H2,1H3;1-2H,23H2;1-2H,22H2,(H2,23,24);1H;2*1H3;/q;;;;2*-1;+2. The van der Waals surface area contributed by atoms with Crippen LogP contribution in [0.1, 0.15) is 23.6 Å². The average Bonchev–Trinajstić information content (AvgIpc) is 3.30. The van der Waals surface area contributed by atoms with Crippen LogP contribution in [0.5, 0.6) is 0 Å². The molecule has 0 aliphatic heterocycles. The van der Waals surface area contributed by atoms with Crippen LogP contribution < -0.4 is 22.9 Å². The van der Waals surface area contributed by atoms with Gasteiger partial charge in [0.1, 0.15) is 80.2 Å². The SMILES string of the molecule is BrC(Br)Br.CC(=Nc1c(Cl)cc(C(F)(F)F)cc1Cl)C(=C(N)C#N)S(=O)C(F)(F)F.N#CC(N)=C(C(Br)=Nc1c(Cl)cc(C(F)(F)F)cc1Cl)S(=O)C(F)(F)F.N#CC(N)=C(C(N)=Nc1c(Cl)cc(C(F)(F)F)cc1Cl)S(=O)C(F)(F)F.[CH3-].[CH3-].[Zn+2]. The number of hydrogen-bond acceptors (Lipinski definition) is 12. The molecule has 0 aromatic heterocycles. The molecule has 0 saturated carbocycles. The Hall–Kier alpha value is -2.97. The summed E-state index contributed by atoms with van der Waals surface area (Å²) in [7, 11) is -11.3. The molecule has 0 aliphatic rings. The maximum Gasteiger partial charge on any atom is 2.00 e. The molecule has 3 unspecified atom stereocenters. The Kier molecular flexibility index (Phi) is 37.5. The number of allylic oxidation sites excluding steroid dienone is 5. The van der Waals surface area contributed by atoms with Crippen molar-refractivity contribution in [1.29, 1.82) is 15.8 Å². The number of halogens is 28. The second-order valence-corrected chi connectivity index (χ2v) is 27.3. The fraction of sp³-hybridized carbons (Fsp3) is 0.200. The van der Waals surface area contributed by atoms with E-state index in [1.807, 2.05) is 0 Å². The summed E-state index contributed by atoms with van der Waals surface area (Å²) in [6, 6.07) is 6.19. The molecule has 0 heterocycles. The summed E-state index contributed by atoms with van der Waals surface area (Å²) in [5.41, 5.74) is -4.41. The smallest absolute Gasteiger partial charge is 0.389 e. The molecule has 3 aromatic rings. The summed E-state index contributed by atoms with van der Waals surface area (Å²) < 4.78 is 262. The molecule has 85 heavy (non-hydrogen) atoms. The van der Waals surface area contributed by atoms with E-state index in [1.165, 1.54) is 12.1 Å². The first-order valence-corrected chi connectivity index (χ1v) is 28.0. The number of nitrogens with zero attached hydrogens (tertiary/aromatic N) is 6. The molecule has 0 bridgehead atoms. The van der Waals surface area contributed by atoms with E-state index < -0.39 is 179 Å². The van der Waals surface area contributed by atoms with Gasteiger partial charge >= 0.3 is 54.5 Å². The molecule has 468 valence electrons. The van der Waals surface area contributed by atoms with Crippen LogP contribution in [-0.4, -0.2) is 48.0 Å². The van der Waals surface area contributed by atoms with Crippen molar-refractivity contribution < 1.29 is 111 Å². The van der Waals surface area contributed by atoms with E-state index in [2.05, 4.69) is 78.7 Å². The molecule has 3 rings (SSSR count). The van der Waals surface area contributed by atoms with E-state index in [0.717, 1.165) is 13.0 Å². The van der Waals surface area contributed by atoms with Gasteiger partial charge in [-0.15, -0.1) is 0 Å². The van der Waals surface area contributed by atoms with Crippen LogP contribution in [0.15, 0.2) is 83.2 Å². The fourth-order valence-corrected chi connectivity index (χ4v) is 9.32. The van der Waals surface area contributed by atoms with Crippen molar-refractivity contribution in [2.24, 2.45) is 37.9 Å². The first-order valence-electron chi connectivity index (χ1n) is 18.7. The van der Waals surface area contributed by atoms with Gasteiger partial charge in [-0.05, 0) is 59.3 Å². The van der Waals surface area contributed by atoms with Gasteiger partial charge in [0, 0.05) is 0 Å². The van der Waals surface area contributed by atoms with Gasteiger partial charge < -0.3 is 37.8 Å². The molecule has 0 aliphatic carbocycles.